The molecule has 0 N–H and O–H groups in total. The molecule has 5 nitrogen and oxygen atoms in total. The number of likely N-dealkylation sites (tertiary alicyclic amines) is 1. The highest BCUT2D eigenvalue weighted by Crippen LogP contribution is 2.16. The highest BCUT2D eigenvalue weighted by Gasteiger charge is 2.26. The number of carbonyl (C=O) groups excluding carboxylic acids is 1. The van der Waals surface area contributed by atoms with E-state index in [4.69, 9.17) is 4.74 Å². The lowest BCUT2D eigenvalue weighted by Crippen LogP contribution is -2.39. The van der Waals surface area contributed by atoms with Crippen LogP contribution in [0.5, 0.6) is 0 Å². The van der Waals surface area contributed by atoms with Crippen LogP contribution in [0.25, 0.3) is 0 Å². The van der Waals surface area contributed by atoms with E-state index in [9.17, 15) is 4.79 Å². The molecule has 5 heteroatoms. The average Bonchev–Trinajstić information content (AvgIpc) is 2.73. The molecule has 1 atom stereocenters. The van der Waals surface area contributed by atoms with Gasteiger partial charge in [0.2, 0.25) is 5.91 Å². The van der Waals surface area contributed by atoms with Gasteiger partial charge in [-0.25, -0.2) is 0 Å². The molecule has 1 fully saturated rings. The number of likely N-dealkylation sites (N-methyl/N-ethyl adjacent to an activating group) is 1. The third-order valence-corrected chi connectivity index (χ3v) is 3.34. The minimum Gasteiger partial charge on any atom is -0.383 e. The zero-order chi connectivity index (χ0) is 13.5. The van der Waals surface area contributed by atoms with E-state index in [1.54, 1.807) is 7.11 Å². The van der Waals surface area contributed by atoms with Crippen molar-refractivity contribution in [3.8, 4) is 0 Å². The van der Waals surface area contributed by atoms with Crippen LogP contribution in [0, 0.1) is 5.92 Å². The van der Waals surface area contributed by atoms with Crippen molar-refractivity contribution in [1.29, 1.82) is 0 Å². The highest BCUT2D eigenvalue weighted by molar-refractivity contribution is 5.78. The molecule has 1 heterocycles. The molecule has 0 saturated carbocycles. The molecule has 1 aliphatic heterocycles. The molecule has 1 aliphatic rings. The van der Waals surface area contributed by atoms with E-state index in [0.29, 0.717) is 19.1 Å². The van der Waals surface area contributed by atoms with Crippen LogP contribution in [0.4, 0.5) is 0 Å². The molecule has 18 heavy (non-hydrogen) atoms. The Morgan fingerprint density at radius 3 is 2.72 bits per heavy atom. The van der Waals surface area contributed by atoms with Gasteiger partial charge in [0.15, 0.2) is 0 Å². The first-order valence-electron chi connectivity index (χ1n) is 6.63. The maximum atomic E-state index is 12.1. The Morgan fingerprint density at radius 2 is 2.11 bits per heavy atom. The molecule has 1 unspecified atom stereocenters. The molecule has 106 valence electrons. The predicted octanol–water partition coefficient (Wildman–Crippen LogP) is -0.0253. The quantitative estimate of drug-likeness (QED) is 0.642. The van der Waals surface area contributed by atoms with Crippen molar-refractivity contribution in [2.24, 2.45) is 5.92 Å². The Morgan fingerprint density at radius 1 is 1.39 bits per heavy atom. The number of hydrogen-bond donors (Lipinski definition) is 0. The summed E-state index contributed by atoms with van der Waals surface area (Å²) >= 11 is 0. The van der Waals surface area contributed by atoms with Gasteiger partial charge in [-0.1, -0.05) is 0 Å². The van der Waals surface area contributed by atoms with Crippen LogP contribution in [0.1, 0.15) is 6.42 Å². The van der Waals surface area contributed by atoms with E-state index in [2.05, 4.69) is 19.0 Å². The smallest absolute Gasteiger partial charge is 0.236 e. The normalized spacial score (nSPS) is 20.1. The number of carbonyl (C=O) groups is 1. The summed E-state index contributed by atoms with van der Waals surface area (Å²) < 4.78 is 5.01. The molecule has 1 rings (SSSR count). The summed E-state index contributed by atoms with van der Waals surface area (Å²) in [7, 11) is 7.82. The number of amides is 1. The first-order valence-corrected chi connectivity index (χ1v) is 6.63. The fourth-order valence-corrected chi connectivity index (χ4v) is 2.38. The van der Waals surface area contributed by atoms with E-state index in [-0.39, 0.29) is 5.91 Å². The minimum absolute atomic E-state index is 0.245. The van der Waals surface area contributed by atoms with Crippen molar-refractivity contribution in [2.75, 3.05) is 67.6 Å². The summed E-state index contributed by atoms with van der Waals surface area (Å²) in [5.41, 5.74) is 0. The minimum atomic E-state index is 0.245. The predicted molar refractivity (Wildman–Crippen MR) is 72.6 cm³/mol. The van der Waals surface area contributed by atoms with Gasteiger partial charge in [-0.15, -0.1) is 0 Å². The van der Waals surface area contributed by atoms with Gasteiger partial charge < -0.3 is 14.5 Å². The van der Waals surface area contributed by atoms with E-state index in [1.165, 1.54) is 0 Å². The van der Waals surface area contributed by atoms with Crippen LogP contribution in [0.3, 0.4) is 0 Å². The van der Waals surface area contributed by atoms with Gasteiger partial charge in [-0.05, 0) is 33.5 Å². The second kappa shape index (κ2) is 7.71. The van der Waals surface area contributed by atoms with Crippen LogP contribution in [-0.4, -0.2) is 88.2 Å². The highest BCUT2D eigenvalue weighted by atomic mass is 16.5. The number of methoxy groups -OCH3 is 1. The van der Waals surface area contributed by atoms with E-state index >= 15 is 0 Å². The maximum absolute atomic E-state index is 12.1. The van der Waals surface area contributed by atoms with Crippen molar-refractivity contribution in [2.45, 2.75) is 6.42 Å². The van der Waals surface area contributed by atoms with E-state index in [1.807, 2.05) is 16.8 Å². The fraction of sp³-hybridized carbons (Fsp3) is 0.923. The Kier molecular flexibility index (Phi) is 6.60. The van der Waals surface area contributed by atoms with Crippen LogP contribution >= 0.6 is 0 Å². The van der Waals surface area contributed by atoms with Crippen LogP contribution in [-0.2, 0) is 9.53 Å². The molecule has 0 aromatic carbocycles. The molecule has 0 bridgehead atoms. The second-order valence-corrected chi connectivity index (χ2v) is 5.49. The van der Waals surface area contributed by atoms with Crippen molar-refractivity contribution in [1.82, 2.24) is 14.7 Å². The van der Waals surface area contributed by atoms with Crippen LogP contribution in [0.15, 0.2) is 0 Å². The van der Waals surface area contributed by atoms with E-state index < -0.39 is 0 Å². The van der Waals surface area contributed by atoms with E-state index in [0.717, 1.165) is 32.6 Å². The Balaban J connectivity index is 2.27. The van der Waals surface area contributed by atoms with Crippen molar-refractivity contribution in [3.05, 3.63) is 0 Å². The number of nitrogens with zero attached hydrogens (tertiary/aromatic N) is 3. The first-order chi connectivity index (χ1) is 8.52. The van der Waals surface area contributed by atoms with Gasteiger partial charge in [-0.3, -0.25) is 9.69 Å². The third-order valence-electron chi connectivity index (χ3n) is 3.34. The second-order valence-electron chi connectivity index (χ2n) is 5.49. The lowest BCUT2D eigenvalue weighted by Gasteiger charge is -2.22. The molecular weight excluding hydrogens is 230 g/mol. The summed E-state index contributed by atoms with van der Waals surface area (Å²) in [5.74, 6) is 0.878. The SMILES string of the molecule is COCCN(C)CC(=O)N1CCC(CN(C)C)C1. The number of rotatable bonds is 7. The molecule has 1 saturated heterocycles. The summed E-state index contributed by atoms with van der Waals surface area (Å²) in [6.07, 6.45) is 1.13. The molecule has 0 aliphatic carbocycles. The van der Waals surface area contributed by atoms with Gasteiger partial charge >= 0.3 is 0 Å². The third kappa shape index (κ3) is 5.33. The Bertz CT molecular complexity index is 259. The van der Waals surface area contributed by atoms with Gasteiger partial charge in [0.05, 0.1) is 13.2 Å². The summed E-state index contributed by atoms with van der Waals surface area (Å²) in [4.78, 5) is 18.3. The number of hydrogen-bond acceptors (Lipinski definition) is 4. The van der Waals surface area contributed by atoms with Crippen molar-refractivity contribution < 1.29 is 9.53 Å². The molecule has 0 aromatic rings. The largest absolute Gasteiger partial charge is 0.383 e. The standard InChI is InChI=1S/C13H27N3O2/c1-14(2)9-12-5-6-16(10-12)13(17)11-15(3)7-8-18-4/h12H,5-11H2,1-4H3. The molecule has 0 radical (unpaired) electrons. The topological polar surface area (TPSA) is 36.0 Å². The van der Waals surface area contributed by atoms with Crippen molar-refractivity contribution >= 4 is 5.91 Å². The lowest BCUT2D eigenvalue weighted by atomic mass is 10.1. The van der Waals surface area contributed by atoms with Gasteiger partial charge in [0, 0.05) is 33.3 Å². The summed E-state index contributed by atoms with van der Waals surface area (Å²) in [6.45, 7) is 4.87. The summed E-state index contributed by atoms with van der Waals surface area (Å²) in [5, 5.41) is 0. The fourth-order valence-electron chi connectivity index (χ4n) is 2.38. The molecule has 1 amide bonds. The molecular formula is C13H27N3O2. The maximum Gasteiger partial charge on any atom is 0.236 e. The van der Waals surface area contributed by atoms with Crippen molar-refractivity contribution in [3.63, 3.8) is 0 Å². The zero-order valence-electron chi connectivity index (χ0n) is 12.2. The number of ether oxygens (including phenoxy) is 1. The first kappa shape index (κ1) is 15.4. The average molecular weight is 257 g/mol. The Hall–Kier alpha value is -0.650. The monoisotopic (exact) mass is 257 g/mol. The van der Waals surface area contributed by atoms with Gasteiger partial charge in [0.1, 0.15) is 0 Å². The van der Waals surface area contributed by atoms with Gasteiger partial charge in [0.25, 0.3) is 0 Å². The lowest BCUT2D eigenvalue weighted by molar-refractivity contribution is -0.131. The summed E-state index contributed by atoms with van der Waals surface area (Å²) in [6, 6.07) is 0. The molecule has 0 spiro atoms. The van der Waals surface area contributed by atoms with Gasteiger partial charge in [-0.2, -0.15) is 0 Å². The Labute approximate surface area is 111 Å². The van der Waals surface area contributed by atoms with Crippen LogP contribution in [0.2, 0.25) is 0 Å². The molecule has 0 aromatic heterocycles. The zero-order valence-corrected chi connectivity index (χ0v) is 12.2. The van der Waals surface area contributed by atoms with Crippen LogP contribution < -0.4 is 0 Å².